The Hall–Kier alpha value is -2.49. The van der Waals surface area contributed by atoms with Crippen molar-refractivity contribution in [3.63, 3.8) is 0 Å². The lowest BCUT2D eigenvalue weighted by Gasteiger charge is -2.27. The van der Waals surface area contributed by atoms with Crippen molar-refractivity contribution in [2.24, 2.45) is 4.99 Å². The molecule has 26 heavy (non-hydrogen) atoms. The van der Waals surface area contributed by atoms with E-state index in [1.54, 1.807) is 0 Å². The Balaban J connectivity index is 1.34. The van der Waals surface area contributed by atoms with Gasteiger partial charge in [0.1, 0.15) is 5.75 Å². The van der Waals surface area contributed by atoms with E-state index in [4.69, 9.17) is 4.74 Å². The van der Waals surface area contributed by atoms with Crippen LogP contribution in [0, 0.1) is 0 Å². The Kier molecular flexibility index (Phi) is 4.83. The summed E-state index contributed by atoms with van der Waals surface area (Å²) in [5.74, 6) is 2.37. The van der Waals surface area contributed by atoms with Gasteiger partial charge >= 0.3 is 0 Å². The first-order valence-electron chi connectivity index (χ1n) is 9.52. The molecule has 1 fully saturated rings. The highest BCUT2D eigenvalue weighted by Crippen LogP contribution is 2.47. The van der Waals surface area contributed by atoms with E-state index in [0.717, 1.165) is 37.8 Å². The molecule has 136 valence electrons. The molecular formula is C22H27N3O. The van der Waals surface area contributed by atoms with Crippen LogP contribution in [0.15, 0.2) is 59.6 Å². The molecular weight excluding hydrogens is 322 g/mol. The van der Waals surface area contributed by atoms with Crippen LogP contribution in [0.25, 0.3) is 0 Å². The standard InChI is InChI=1S/C22H27N3O/c1-23-21(25-16-22(12-13-22)18-7-3-2-4-8-18)24-15-17-11-14-26-20-10-6-5-9-19(17)20/h2-10,17H,11-16H2,1H3,(H2,23,24,25). The second-order valence-electron chi connectivity index (χ2n) is 7.32. The monoisotopic (exact) mass is 349 g/mol. The molecule has 0 spiro atoms. The zero-order chi connectivity index (χ0) is 17.8. The van der Waals surface area contributed by atoms with Crippen molar-refractivity contribution < 1.29 is 4.74 Å². The molecule has 0 amide bonds. The predicted octanol–water partition coefficient (Wildman–Crippen LogP) is 3.45. The molecule has 4 heteroatoms. The van der Waals surface area contributed by atoms with Gasteiger partial charge in [0.2, 0.25) is 0 Å². The summed E-state index contributed by atoms with van der Waals surface area (Å²) in [6.45, 7) is 2.59. The molecule has 2 aromatic rings. The van der Waals surface area contributed by atoms with Gasteiger partial charge in [-0.15, -0.1) is 0 Å². The summed E-state index contributed by atoms with van der Waals surface area (Å²) in [7, 11) is 1.84. The quantitative estimate of drug-likeness (QED) is 0.642. The van der Waals surface area contributed by atoms with Gasteiger partial charge in [0.15, 0.2) is 5.96 Å². The van der Waals surface area contributed by atoms with Gasteiger partial charge in [0.05, 0.1) is 6.61 Å². The smallest absolute Gasteiger partial charge is 0.191 e. The minimum Gasteiger partial charge on any atom is -0.493 e. The van der Waals surface area contributed by atoms with Crippen LogP contribution in [-0.2, 0) is 5.41 Å². The van der Waals surface area contributed by atoms with Gasteiger partial charge in [-0.1, -0.05) is 48.5 Å². The average Bonchev–Trinajstić information content (AvgIpc) is 3.50. The molecule has 1 aliphatic heterocycles. The highest BCUT2D eigenvalue weighted by molar-refractivity contribution is 5.80. The first-order chi connectivity index (χ1) is 12.8. The summed E-state index contributed by atoms with van der Waals surface area (Å²) < 4.78 is 5.76. The molecule has 2 aromatic carbocycles. The maximum Gasteiger partial charge on any atom is 0.191 e. The first kappa shape index (κ1) is 17.0. The molecule has 0 aromatic heterocycles. The number of para-hydroxylation sites is 1. The van der Waals surface area contributed by atoms with Crippen LogP contribution in [0.1, 0.15) is 36.3 Å². The average molecular weight is 349 g/mol. The maximum absolute atomic E-state index is 5.76. The van der Waals surface area contributed by atoms with Crippen LogP contribution >= 0.6 is 0 Å². The number of fused-ring (bicyclic) bond motifs is 1. The number of nitrogens with zero attached hydrogens (tertiary/aromatic N) is 1. The fourth-order valence-electron chi connectivity index (χ4n) is 3.83. The summed E-state index contributed by atoms with van der Waals surface area (Å²) in [5.41, 5.74) is 3.01. The lowest BCUT2D eigenvalue weighted by molar-refractivity contribution is 0.267. The van der Waals surface area contributed by atoms with E-state index in [1.165, 1.54) is 24.0 Å². The summed E-state index contributed by atoms with van der Waals surface area (Å²) in [5, 5.41) is 7.06. The molecule has 4 rings (SSSR count). The number of hydrogen-bond donors (Lipinski definition) is 2. The Labute approximate surface area is 155 Å². The number of nitrogens with one attached hydrogen (secondary N) is 2. The van der Waals surface area contributed by atoms with Crippen LogP contribution < -0.4 is 15.4 Å². The Morgan fingerprint density at radius 3 is 2.62 bits per heavy atom. The van der Waals surface area contributed by atoms with Crippen molar-refractivity contribution in [1.29, 1.82) is 0 Å². The second kappa shape index (κ2) is 7.40. The zero-order valence-electron chi connectivity index (χ0n) is 15.4. The third kappa shape index (κ3) is 3.55. The van der Waals surface area contributed by atoms with E-state index >= 15 is 0 Å². The Morgan fingerprint density at radius 2 is 1.85 bits per heavy atom. The lowest BCUT2D eigenvalue weighted by atomic mass is 9.93. The molecule has 1 heterocycles. The SMILES string of the molecule is CN=C(NCC1CCOc2ccccc21)NCC1(c2ccccc2)CC1. The van der Waals surface area contributed by atoms with Crippen LogP contribution in [0.2, 0.25) is 0 Å². The molecule has 0 saturated heterocycles. The van der Waals surface area contributed by atoms with Gasteiger partial charge in [-0.25, -0.2) is 0 Å². The number of guanidine groups is 1. The van der Waals surface area contributed by atoms with Crippen molar-refractivity contribution >= 4 is 5.96 Å². The Morgan fingerprint density at radius 1 is 1.08 bits per heavy atom. The van der Waals surface area contributed by atoms with Gasteiger partial charge in [-0.05, 0) is 36.5 Å². The normalized spacial score (nSPS) is 20.7. The summed E-state index contributed by atoms with van der Waals surface area (Å²) >= 11 is 0. The van der Waals surface area contributed by atoms with Crippen molar-refractivity contribution in [2.75, 3.05) is 26.7 Å². The number of hydrogen-bond acceptors (Lipinski definition) is 2. The van der Waals surface area contributed by atoms with Gasteiger partial charge in [0.25, 0.3) is 0 Å². The fourth-order valence-corrected chi connectivity index (χ4v) is 3.83. The van der Waals surface area contributed by atoms with Crippen molar-refractivity contribution in [2.45, 2.75) is 30.6 Å². The zero-order valence-corrected chi connectivity index (χ0v) is 15.4. The molecule has 1 aliphatic carbocycles. The molecule has 1 saturated carbocycles. The van der Waals surface area contributed by atoms with Crippen molar-refractivity contribution in [1.82, 2.24) is 10.6 Å². The van der Waals surface area contributed by atoms with E-state index in [-0.39, 0.29) is 5.41 Å². The predicted molar refractivity (Wildman–Crippen MR) is 106 cm³/mol. The van der Waals surface area contributed by atoms with E-state index in [9.17, 15) is 0 Å². The van der Waals surface area contributed by atoms with E-state index in [1.807, 2.05) is 13.1 Å². The van der Waals surface area contributed by atoms with Gasteiger partial charge in [-0.3, -0.25) is 4.99 Å². The second-order valence-corrected chi connectivity index (χ2v) is 7.32. The number of rotatable bonds is 5. The highest BCUT2D eigenvalue weighted by Gasteiger charge is 2.44. The topological polar surface area (TPSA) is 45.7 Å². The molecule has 0 radical (unpaired) electrons. The number of benzene rings is 2. The molecule has 1 atom stereocenters. The molecule has 2 N–H and O–H groups in total. The molecule has 2 aliphatic rings. The van der Waals surface area contributed by atoms with E-state index < -0.39 is 0 Å². The number of ether oxygens (including phenoxy) is 1. The maximum atomic E-state index is 5.76. The largest absolute Gasteiger partial charge is 0.493 e. The highest BCUT2D eigenvalue weighted by atomic mass is 16.5. The van der Waals surface area contributed by atoms with Crippen LogP contribution in [0.3, 0.4) is 0 Å². The third-order valence-corrected chi connectivity index (χ3v) is 5.66. The molecule has 1 unspecified atom stereocenters. The van der Waals surface area contributed by atoms with Gasteiger partial charge in [0, 0.05) is 31.5 Å². The van der Waals surface area contributed by atoms with Gasteiger partial charge in [-0.2, -0.15) is 0 Å². The first-order valence-corrected chi connectivity index (χ1v) is 9.52. The summed E-state index contributed by atoms with van der Waals surface area (Å²) in [6, 6.07) is 19.2. The molecule has 4 nitrogen and oxygen atoms in total. The van der Waals surface area contributed by atoms with Crippen LogP contribution in [0.5, 0.6) is 5.75 Å². The summed E-state index contributed by atoms with van der Waals surface area (Å²) in [6.07, 6.45) is 3.53. The van der Waals surface area contributed by atoms with Crippen molar-refractivity contribution in [3.05, 3.63) is 65.7 Å². The van der Waals surface area contributed by atoms with Gasteiger partial charge < -0.3 is 15.4 Å². The third-order valence-electron chi connectivity index (χ3n) is 5.66. The Bertz CT molecular complexity index is 768. The lowest BCUT2D eigenvalue weighted by Crippen LogP contribution is -2.43. The minimum absolute atomic E-state index is 0.282. The van der Waals surface area contributed by atoms with Crippen molar-refractivity contribution in [3.8, 4) is 5.75 Å². The molecule has 0 bridgehead atoms. The number of aliphatic imine (C=N–C) groups is 1. The van der Waals surface area contributed by atoms with E-state index in [0.29, 0.717) is 5.92 Å². The minimum atomic E-state index is 0.282. The van der Waals surface area contributed by atoms with Crippen LogP contribution in [-0.4, -0.2) is 32.7 Å². The fraction of sp³-hybridized carbons (Fsp3) is 0.409. The van der Waals surface area contributed by atoms with Crippen LogP contribution in [0.4, 0.5) is 0 Å². The van der Waals surface area contributed by atoms with E-state index in [2.05, 4.69) is 64.2 Å². The summed E-state index contributed by atoms with van der Waals surface area (Å²) in [4.78, 5) is 4.42.